The maximum atomic E-state index is 13.2. The molecule has 0 radical (unpaired) electrons. The Bertz CT molecular complexity index is 453. The molecule has 1 N–H and O–H groups in total. The Hall–Kier alpha value is -1.82. The van der Waals surface area contributed by atoms with Crippen LogP contribution in [0.1, 0.15) is 11.4 Å². The second kappa shape index (κ2) is 5.49. The van der Waals surface area contributed by atoms with Gasteiger partial charge in [0.15, 0.2) is 5.82 Å². The summed E-state index contributed by atoms with van der Waals surface area (Å²) in [6.45, 7) is 0.656. The average Bonchev–Trinajstić information content (AvgIpc) is 2.80. The molecule has 2 rings (SSSR count). The third-order valence-corrected chi connectivity index (χ3v) is 2.30. The first-order valence-corrected chi connectivity index (χ1v) is 5.16. The molecule has 0 fully saturated rings. The third kappa shape index (κ3) is 3.07. The third-order valence-electron chi connectivity index (χ3n) is 2.30. The number of nitrogens with zero attached hydrogens (tertiary/aromatic N) is 2. The lowest BCUT2D eigenvalue weighted by Crippen LogP contribution is -2.18. The summed E-state index contributed by atoms with van der Waals surface area (Å²) < 4.78 is 31.0. The van der Waals surface area contributed by atoms with E-state index in [0.29, 0.717) is 18.8 Å². The van der Waals surface area contributed by atoms with E-state index in [1.165, 1.54) is 24.6 Å². The zero-order valence-corrected chi connectivity index (χ0v) is 8.99. The molecule has 2 aromatic rings. The lowest BCUT2D eigenvalue weighted by atomic mass is 10.2. The molecule has 0 amide bonds. The summed E-state index contributed by atoms with van der Waals surface area (Å²) in [5.41, 5.74) is 0.0422. The molecule has 0 aliphatic heterocycles. The van der Waals surface area contributed by atoms with Gasteiger partial charge >= 0.3 is 0 Å². The van der Waals surface area contributed by atoms with Gasteiger partial charge in [0, 0.05) is 25.1 Å². The van der Waals surface area contributed by atoms with Crippen LogP contribution in [-0.4, -0.2) is 16.7 Å². The normalized spacial score (nSPS) is 10.7. The second-order valence-electron chi connectivity index (χ2n) is 3.47. The Labute approximate surface area is 96.6 Å². The van der Waals surface area contributed by atoms with Crippen LogP contribution in [-0.2, 0) is 13.0 Å². The predicted octanol–water partition coefficient (Wildman–Crippen LogP) is 1.68. The fourth-order valence-electron chi connectivity index (χ4n) is 1.42. The van der Waals surface area contributed by atoms with Gasteiger partial charge in [-0.15, -0.1) is 0 Å². The van der Waals surface area contributed by atoms with Gasteiger partial charge < -0.3 is 9.84 Å². The Kier molecular flexibility index (Phi) is 3.77. The quantitative estimate of drug-likeness (QED) is 0.806. The van der Waals surface area contributed by atoms with Crippen LogP contribution < -0.4 is 5.32 Å². The van der Waals surface area contributed by atoms with Crippen molar-refractivity contribution in [1.29, 1.82) is 0 Å². The predicted molar refractivity (Wildman–Crippen MR) is 56.1 cm³/mol. The van der Waals surface area contributed by atoms with E-state index in [4.69, 9.17) is 0 Å². The van der Waals surface area contributed by atoms with Gasteiger partial charge in [-0.2, -0.15) is 4.98 Å². The van der Waals surface area contributed by atoms with E-state index in [-0.39, 0.29) is 12.1 Å². The molecule has 0 saturated heterocycles. The molecule has 6 heteroatoms. The number of benzene rings is 1. The smallest absolute Gasteiger partial charge is 0.213 e. The van der Waals surface area contributed by atoms with Crippen LogP contribution in [0.3, 0.4) is 0 Å². The fraction of sp³-hybridized carbons (Fsp3) is 0.273. The van der Waals surface area contributed by atoms with Crippen LogP contribution in [0.4, 0.5) is 8.78 Å². The first-order valence-electron chi connectivity index (χ1n) is 5.16. The number of halogens is 2. The topological polar surface area (TPSA) is 51.0 Å². The minimum Gasteiger partial charge on any atom is -0.343 e. The van der Waals surface area contributed by atoms with E-state index in [2.05, 4.69) is 20.0 Å². The van der Waals surface area contributed by atoms with Crippen molar-refractivity contribution in [2.45, 2.75) is 13.0 Å². The maximum absolute atomic E-state index is 13.2. The Balaban J connectivity index is 1.82. The van der Waals surface area contributed by atoms with E-state index in [9.17, 15) is 8.78 Å². The molecule has 0 bridgehead atoms. The minimum atomic E-state index is -0.544. The lowest BCUT2D eigenvalue weighted by molar-refractivity contribution is 0.409. The van der Waals surface area contributed by atoms with Gasteiger partial charge in [-0.05, 0) is 12.1 Å². The van der Waals surface area contributed by atoms with Crippen molar-refractivity contribution >= 4 is 0 Å². The van der Waals surface area contributed by atoms with Crippen LogP contribution >= 0.6 is 0 Å². The fourth-order valence-corrected chi connectivity index (χ4v) is 1.42. The summed E-state index contributed by atoms with van der Waals surface area (Å²) in [4.78, 5) is 3.83. The number of aromatic nitrogens is 2. The molecule has 1 aromatic carbocycles. The molecule has 17 heavy (non-hydrogen) atoms. The van der Waals surface area contributed by atoms with Crippen molar-refractivity contribution in [2.75, 3.05) is 6.54 Å². The van der Waals surface area contributed by atoms with Crippen molar-refractivity contribution in [3.8, 4) is 0 Å². The largest absolute Gasteiger partial charge is 0.343 e. The summed E-state index contributed by atoms with van der Waals surface area (Å²) in [5.74, 6) is -0.527. The van der Waals surface area contributed by atoms with Crippen LogP contribution in [0.25, 0.3) is 0 Å². The van der Waals surface area contributed by atoms with E-state index in [0.717, 1.165) is 0 Å². The molecule has 0 aliphatic carbocycles. The van der Waals surface area contributed by atoms with Gasteiger partial charge in [-0.3, -0.25) is 0 Å². The summed E-state index contributed by atoms with van der Waals surface area (Å²) in [5, 5.41) is 6.54. The highest BCUT2D eigenvalue weighted by Gasteiger charge is 2.07. The Morgan fingerprint density at radius 3 is 2.65 bits per heavy atom. The van der Waals surface area contributed by atoms with Crippen molar-refractivity contribution in [3.05, 3.63) is 47.6 Å². The van der Waals surface area contributed by atoms with Crippen molar-refractivity contribution < 1.29 is 13.3 Å². The number of hydrogen-bond donors (Lipinski definition) is 1. The first kappa shape index (κ1) is 11.7. The number of rotatable bonds is 5. The molecule has 0 saturated carbocycles. The standard InChI is InChI=1S/C11H11F2N3O/c12-9-2-1-3-10(13)8(9)6-14-5-4-11-15-7-17-16-11/h1-3,7,14H,4-6H2. The Morgan fingerprint density at radius 1 is 1.24 bits per heavy atom. The van der Waals surface area contributed by atoms with Crippen LogP contribution in [0.5, 0.6) is 0 Å². The molecule has 1 aromatic heterocycles. The van der Waals surface area contributed by atoms with Gasteiger partial charge in [-0.1, -0.05) is 11.2 Å². The second-order valence-corrected chi connectivity index (χ2v) is 3.47. The molecular formula is C11H11F2N3O. The zero-order valence-electron chi connectivity index (χ0n) is 8.99. The van der Waals surface area contributed by atoms with Gasteiger partial charge in [0.1, 0.15) is 11.6 Å². The van der Waals surface area contributed by atoms with Crippen molar-refractivity contribution in [2.24, 2.45) is 0 Å². The number of hydrogen-bond acceptors (Lipinski definition) is 4. The monoisotopic (exact) mass is 239 g/mol. The molecule has 0 spiro atoms. The molecule has 0 unspecified atom stereocenters. The van der Waals surface area contributed by atoms with Gasteiger partial charge in [0.25, 0.3) is 0 Å². The molecule has 90 valence electrons. The van der Waals surface area contributed by atoms with Crippen molar-refractivity contribution in [3.63, 3.8) is 0 Å². The summed E-state index contributed by atoms with van der Waals surface area (Å²) in [6.07, 6.45) is 1.79. The molecule has 0 aliphatic rings. The van der Waals surface area contributed by atoms with Crippen molar-refractivity contribution in [1.82, 2.24) is 15.5 Å². The lowest BCUT2D eigenvalue weighted by Gasteiger charge is -2.05. The first-order chi connectivity index (χ1) is 8.27. The highest BCUT2D eigenvalue weighted by atomic mass is 19.1. The van der Waals surface area contributed by atoms with E-state index >= 15 is 0 Å². The van der Waals surface area contributed by atoms with Crippen LogP contribution in [0.2, 0.25) is 0 Å². The SMILES string of the molecule is Fc1cccc(F)c1CNCCc1ncon1. The summed E-state index contributed by atoms with van der Waals surface area (Å²) in [6, 6.07) is 3.81. The molecule has 1 heterocycles. The molecular weight excluding hydrogens is 228 g/mol. The van der Waals surface area contributed by atoms with Crippen LogP contribution in [0.15, 0.2) is 29.1 Å². The Morgan fingerprint density at radius 2 is 2.00 bits per heavy atom. The summed E-state index contributed by atoms with van der Waals surface area (Å²) in [7, 11) is 0. The minimum absolute atomic E-state index is 0.0422. The van der Waals surface area contributed by atoms with Crippen LogP contribution in [0, 0.1) is 11.6 Å². The molecule has 4 nitrogen and oxygen atoms in total. The highest BCUT2D eigenvalue weighted by Crippen LogP contribution is 2.11. The van der Waals surface area contributed by atoms with E-state index in [1.54, 1.807) is 0 Å². The van der Waals surface area contributed by atoms with Gasteiger partial charge in [0.05, 0.1) is 0 Å². The summed E-state index contributed by atoms with van der Waals surface area (Å²) >= 11 is 0. The number of nitrogens with one attached hydrogen (secondary N) is 1. The van der Waals surface area contributed by atoms with E-state index < -0.39 is 11.6 Å². The van der Waals surface area contributed by atoms with E-state index in [1.807, 2.05) is 0 Å². The maximum Gasteiger partial charge on any atom is 0.213 e. The highest BCUT2D eigenvalue weighted by molar-refractivity contribution is 5.19. The van der Waals surface area contributed by atoms with Gasteiger partial charge in [0.2, 0.25) is 6.39 Å². The average molecular weight is 239 g/mol. The zero-order chi connectivity index (χ0) is 12.1. The van der Waals surface area contributed by atoms with Gasteiger partial charge in [-0.25, -0.2) is 8.78 Å². The molecule has 0 atom stereocenters.